The van der Waals surface area contributed by atoms with E-state index in [1.54, 1.807) is 12.1 Å². The van der Waals surface area contributed by atoms with E-state index in [4.69, 9.17) is 20.5 Å². The summed E-state index contributed by atoms with van der Waals surface area (Å²) >= 11 is 0. The SMILES string of the molecule is N#CC1=CCOC1=C(C#N)C#N. The van der Waals surface area contributed by atoms with E-state index in [1.165, 1.54) is 6.08 Å². The highest BCUT2D eigenvalue weighted by Gasteiger charge is 2.17. The molecule has 0 atom stereocenters. The molecule has 0 bridgehead atoms. The molecule has 0 fully saturated rings. The molecule has 0 aromatic heterocycles. The molecule has 0 amide bonds. The number of nitrogens with zero attached hydrogens (tertiary/aromatic N) is 3. The molecule has 12 heavy (non-hydrogen) atoms. The van der Waals surface area contributed by atoms with Gasteiger partial charge in [0.2, 0.25) is 0 Å². The minimum Gasteiger partial charge on any atom is -0.486 e. The molecule has 1 heterocycles. The molecule has 0 aromatic rings. The van der Waals surface area contributed by atoms with Crippen molar-refractivity contribution in [2.24, 2.45) is 0 Å². The molecule has 0 aromatic carbocycles. The third kappa shape index (κ3) is 1.12. The highest BCUT2D eigenvalue weighted by atomic mass is 16.5. The fourth-order valence-corrected chi connectivity index (χ4v) is 0.809. The quantitative estimate of drug-likeness (QED) is 0.486. The highest BCUT2D eigenvalue weighted by molar-refractivity contribution is 5.52. The predicted octanol–water partition coefficient (Wildman–Crippen LogP) is 0.768. The Morgan fingerprint density at radius 2 is 2.00 bits per heavy atom. The van der Waals surface area contributed by atoms with Crippen LogP contribution in [0.25, 0.3) is 0 Å². The van der Waals surface area contributed by atoms with Crippen LogP contribution in [-0.2, 0) is 4.74 Å². The lowest BCUT2D eigenvalue weighted by Crippen LogP contribution is -1.89. The number of hydrogen-bond donors (Lipinski definition) is 0. The van der Waals surface area contributed by atoms with Gasteiger partial charge in [-0.2, -0.15) is 15.8 Å². The molecule has 0 unspecified atom stereocenters. The van der Waals surface area contributed by atoms with Gasteiger partial charge in [-0.15, -0.1) is 0 Å². The van der Waals surface area contributed by atoms with Gasteiger partial charge in [0.05, 0.1) is 5.57 Å². The van der Waals surface area contributed by atoms with Crippen LogP contribution < -0.4 is 0 Å². The summed E-state index contributed by atoms with van der Waals surface area (Å²) < 4.78 is 4.92. The van der Waals surface area contributed by atoms with Gasteiger partial charge in [-0.05, 0) is 6.08 Å². The van der Waals surface area contributed by atoms with E-state index in [0.29, 0.717) is 0 Å². The zero-order valence-corrected chi connectivity index (χ0v) is 6.03. The Balaban J connectivity index is 3.17. The first-order chi connectivity index (χ1) is 5.83. The molecule has 56 valence electrons. The largest absolute Gasteiger partial charge is 0.486 e. The van der Waals surface area contributed by atoms with Crippen LogP contribution in [0.4, 0.5) is 0 Å². The summed E-state index contributed by atoms with van der Waals surface area (Å²) in [5.74, 6) is 0.0995. The van der Waals surface area contributed by atoms with E-state index in [0.717, 1.165) is 0 Å². The van der Waals surface area contributed by atoms with Gasteiger partial charge in [-0.25, -0.2) is 0 Å². The van der Waals surface area contributed by atoms with Crippen LogP contribution in [0.15, 0.2) is 23.0 Å². The summed E-state index contributed by atoms with van der Waals surface area (Å²) in [5, 5.41) is 25.4. The molecule has 1 rings (SSSR count). The molecule has 0 saturated carbocycles. The lowest BCUT2D eigenvalue weighted by Gasteiger charge is -1.96. The van der Waals surface area contributed by atoms with Crippen LogP contribution in [0.1, 0.15) is 0 Å². The standard InChI is InChI=1S/C8H3N3O/c9-3-6-1-2-12-8(6)7(4-10)5-11/h1H,2H2. The van der Waals surface area contributed by atoms with Crippen LogP contribution in [0, 0.1) is 34.0 Å². The van der Waals surface area contributed by atoms with Crippen molar-refractivity contribution in [3.05, 3.63) is 23.0 Å². The van der Waals surface area contributed by atoms with Crippen LogP contribution >= 0.6 is 0 Å². The molecule has 0 spiro atoms. The van der Waals surface area contributed by atoms with Crippen LogP contribution in [0.5, 0.6) is 0 Å². The topological polar surface area (TPSA) is 80.6 Å². The minimum atomic E-state index is -0.152. The van der Waals surface area contributed by atoms with Crippen molar-refractivity contribution >= 4 is 0 Å². The lowest BCUT2D eigenvalue weighted by atomic mass is 10.2. The second-order valence-electron chi connectivity index (χ2n) is 1.97. The number of hydrogen-bond acceptors (Lipinski definition) is 4. The van der Waals surface area contributed by atoms with E-state index >= 15 is 0 Å². The Bertz CT molecular complexity index is 368. The fraction of sp³-hybridized carbons (Fsp3) is 0.125. The Morgan fingerprint density at radius 3 is 2.50 bits per heavy atom. The van der Waals surface area contributed by atoms with Crippen molar-refractivity contribution in [3.8, 4) is 18.2 Å². The molecular formula is C8H3N3O. The van der Waals surface area contributed by atoms with Crippen molar-refractivity contribution in [1.29, 1.82) is 15.8 Å². The van der Waals surface area contributed by atoms with Gasteiger partial charge in [0, 0.05) is 0 Å². The van der Waals surface area contributed by atoms with Crippen LogP contribution in [-0.4, -0.2) is 6.61 Å². The van der Waals surface area contributed by atoms with Crippen molar-refractivity contribution in [1.82, 2.24) is 0 Å². The van der Waals surface area contributed by atoms with E-state index < -0.39 is 0 Å². The first kappa shape index (κ1) is 7.85. The summed E-state index contributed by atoms with van der Waals surface area (Å²) in [4.78, 5) is 0. The summed E-state index contributed by atoms with van der Waals surface area (Å²) in [6, 6.07) is 5.16. The maximum absolute atomic E-state index is 8.53. The van der Waals surface area contributed by atoms with Gasteiger partial charge in [0.15, 0.2) is 11.3 Å². The summed E-state index contributed by atoms with van der Waals surface area (Å²) in [6.45, 7) is 0.255. The molecule has 4 heteroatoms. The Labute approximate surface area is 69.2 Å². The van der Waals surface area contributed by atoms with Crippen molar-refractivity contribution in [3.63, 3.8) is 0 Å². The lowest BCUT2D eigenvalue weighted by molar-refractivity contribution is 0.275. The van der Waals surface area contributed by atoms with E-state index in [-0.39, 0.29) is 23.5 Å². The van der Waals surface area contributed by atoms with E-state index in [9.17, 15) is 0 Å². The maximum atomic E-state index is 8.53. The van der Waals surface area contributed by atoms with Crippen molar-refractivity contribution < 1.29 is 4.74 Å². The normalized spacial score (nSPS) is 13.4. The molecular weight excluding hydrogens is 154 g/mol. The van der Waals surface area contributed by atoms with Crippen molar-refractivity contribution in [2.45, 2.75) is 0 Å². The molecule has 0 saturated heterocycles. The third-order valence-electron chi connectivity index (χ3n) is 1.33. The van der Waals surface area contributed by atoms with E-state index in [2.05, 4.69) is 0 Å². The average molecular weight is 157 g/mol. The summed E-state index contributed by atoms with van der Waals surface area (Å²) in [5.41, 5.74) is 0.105. The van der Waals surface area contributed by atoms with Crippen LogP contribution in [0.2, 0.25) is 0 Å². The Kier molecular flexibility index (Phi) is 2.12. The smallest absolute Gasteiger partial charge is 0.172 e. The molecule has 1 aliphatic rings. The van der Waals surface area contributed by atoms with Crippen LogP contribution in [0.3, 0.4) is 0 Å². The summed E-state index contributed by atoms with van der Waals surface area (Å²) in [7, 11) is 0. The zero-order valence-electron chi connectivity index (χ0n) is 6.03. The number of rotatable bonds is 0. The molecule has 0 N–H and O–H groups in total. The molecule has 4 nitrogen and oxygen atoms in total. The Morgan fingerprint density at radius 1 is 1.33 bits per heavy atom. The molecule has 0 aliphatic carbocycles. The summed E-state index contributed by atoms with van der Waals surface area (Å²) in [6.07, 6.45) is 1.53. The number of nitriles is 3. The Hall–Kier alpha value is -2.25. The monoisotopic (exact) mass is 157 g/mol. The second kappa shape index (κ2) is 3.23. The second-order valence-corrected chi connectivity index (χ2v) is 1.97. The fourth-order valence-electron chi connectivity index (χ4n) is 0.809. The van der Waals surface area contributed by atoms with Gasteiger partial charge in [-0.1, -0.05) is 0 Å². The van der Waals surface area contributed by atoms with E-state index in [1.807, 2.05) is 6.07 Å². The van der Waals surface area contributed by atoms with Crippen molar-refractivity contribution in [2.75, 3.05) is 6.61 Å². The highest BCUT2D eigenvalue weighted by Crippen LogP contribution is 2.20. The predicted molar refractivity (Wildman–Crippen MR) is 37.9 cm³/mol. The van der Waals surface area contributed by atoms with Gasteiger partial charge >= 0.3 is 0 Å². The van der Waals surface area contributed by atoms with Gasteiger partial charge in [0.25, 0.3) is 0 Å². The first-order valence-electron chi connectivity index (χ1n) is 3.11. The average Bonchev–Trinajstić information content (AvgIpc) is 2.55. The molecule has 1 aliphatic heterocycles. The first-order valence-corrected chi connectivity index (χ1v) is 3.11. The third-order valence-corrected chi connectivity index (χ3v) is 1.33. The number of allylic oxidation sites excluding steroid dienone is 2. The van der Waals surface area contributed by atoms with Gasteiger partial charge in [-0.3, -0.25) is 0 Å². The zero-order chi connectivity index (χ0) is 8.97. The van der Waals surface area contributed by atoms with Gasteiger partial charge < -0.3 is 4.74 Å². The minimum absolute atomic E-state index is 0.0995. The van der Waals surface area contributed by atoms with Gasteiger partial charge in [0.1, 0.15) is 24.8 Å². The molecule has 0 radical (unpaired) electrons. The number of ether oxygens (including phenoxy) is 1. The maximum Gasteiger partial charge on any atom is 0.172 e.